The fraction of sp³-hybridized carbons (Fsp3) is 0.448. The third-order valence-electron chi connectivity index (χ3n) is 7.44. The number of aromatic amines is 2. The van der Waals surface area contributed by atoms with E-state index in [9.17, 15) is 0 Å². The van der Waals surface area contributed by atoms with Crippen LogP contribution in [0.15, 0.2) is 48.7 Å². The molecule has 7 heteroatoms. The molecule has 4 aromatic rings. The number of nitrogens with zero attached hydrogens (tertiary/aromatic N) is 2. The lowest BCUT2D eigenvalue weighted by molar-refractivity contribution is 0.0322. The Hall–Kier alpha value is -3.00. The highest BCUT2D eigenvalue weighted by Gasteiger charge is 2.13. The molecule has 0 aliphatic carbocycles. The highest BCUT2D eigenvalue weighted by molar-refractivity contribution is 5.98. The van der Waals surface area contributed by atoms with Crippen LogP contribution in [0.3, 0.4) is 0 Å². The molecule has 2 aliphatic heterocycles. The summed E-state index contributed by atoms with van der Waals surface area (Å²) in [5, 5.41) is 2.37. The highest BCUT2D eigenvalue weighted by atomic mass is 16.5. The van der Waals surface area contributed by atoms with Crippen LogP contribution in [0.5, 0.6) is 11.5 Å². The second-order valence-electron chi connectivity index (χ2n) is 9.90. The second-order valence-corrected chi connectivity index (χ2v) is 9.90. The molecule has 2 N–H and O–H groups in total. The Labute approximate surface area is 212 Å². The molecule has 4 heterocycles. The molecule has 6 rings (SSSR count). The summed E-state index contributed by atoms with van der Waals surface area (Å²) in [7, 11) is 0. The van der Waals surface area contributed by atoms with Gasteiger partial charge in [-0.2, -0.15) is 0 Å². The van der Waals surface area contributed by atoms with E-state index in [1.165, 1.54) is 43.1 Å². The summed E-state index contributed by atoms with van der Waals surface area (Å²) in [6, 6.07) is 14.8. The monoisotopic (exact) mass is 488 g/mol. The molecule has 7 nitrogen and oxygen atoms in total. The van der Waals surface area contributed by atoms with Crippen LogP contribution in [-0.4, -0.2) is 85.5 Å². The fourth-order valence-electron chi connectivity index (χ4n) is 5.35. The van der Waals surface area contributed by atoms with E-state index in [-0.39, 0.29) is 0 Å². The SMILES string of the molecule is c1cc2cc(-c3c[nH]c4cc(OCCN5CCOCC5)ccc34)[nH]c2cc1OCCN1CCCCC1. The number of fused-ring (bicyclic) bond motifs is 2. The Bertz CT molecular complexity index is 1280. The zero-order valence-electron chi connectivity index (χ0n) is 20.9. The predicted octanol–water partition coefficient (Wildman–Crippen LogP) is 4.89. The van der Waals surface area contributed by atoms with Crippen molar-refractivity contribution in [2.45, 2.75) is 19.3 Å². The molecule has 2 aliphatic rings. The van der Waals surface area contributed by atoms with Crippen LogP contribution in [0.4, 0.5) is 0 Å². The number of piperidine rings is 1. The fourth-order valence-corrected chi connectivity index (χ4v) is 5.35. The van der Waals surface area contributed by atoms with Gasteiger partial charge in [-0.05, 0) is 56.3 Å². The molecular formula is C29H36N4O3. The molecule has 0 amide bonds. The molecule has 0 radical (unpaired) electrons. The molecule has 2 aromatic carbocycles. The van der Waals surface area contributed by atoms with Crippen LogP contribution >= 0.6 is 0 Å². The van der Waals surface area contributed by atoms with Crippen molar-refractivity contribution in [1.82, 2.24) is 19.8 Å². The summed E-state index contributed by atoms with van der Waals surface area (Å²) in [6.07, 6.45) is 6.06. The quantitative estimate of drug-likeness (QED) is 0.351. The van der Waals surface area contributed by atoms with Gasteiger partial charge in [-0.25, -0.2) is 0 Å². The van der Waals surface area contributed by atoms with Crippen LogP contribution < -0.4 is 9.47 Å². The van der Waals surface area contributed by atoms with E-state index >= 15 is 0 Å². The molecule has 0 bridgehead atoms. The number of ether oxygens (including phenoxy) is 3. The number of likely N-dealkylation sites (tertiary alicyclic amines) is 1. The van der Waals surface area contributed by atoms with Gasteiger partial charge in [0.15, 0.2) is 0 Å². The minimum atomic E-state index is 0.684. The van der Waals surface area contributed by atoms with Crippen molar-refractivity contribution in [3.8, 4) is 22.8 Å². The van der Waals surface area contributed by atoms with Crippen LogP contribution in [0.25, 0.3) is 33.1 Å². The van der Waals surface area contributed by atoms with Crippen LogP contribution in [0.1, 0.15) is 19.3 Å². The number of H-pyrrole nitrogens is 2. The Balaban J connectivity index is 1.10. The van der Waals surface area contributed by atoms with Gasteiger partial charge in [0.1, 0.15) is 24.7 Å². The Morgan fingerprint density at radius 3 is 2.22 bits per heavy atom. The van der Waals surface area contributed by atoms with E-state index in [0.717, 1.165) is 79.8 Å². The van der Waals surface area contributed by atoms with Crippen molar-refractivity contribution in [3.05, 3.63) is 48.7 Å². The maximum Gasteiger partial charge on any atom is 0.121 e. The normalized spacial score (nSPS) is 17.7. The average Bonchev–Trinajstić information content (AvgIpc) is 3.53. The summed E-state index contributed by atoms with van der Waals surface area (Å²) in [5.41, 5.74) is 4.43. The summed E-state index contributed by atoms with van der Waals surface area (Å²) < 4.78 is 17.5. The number of hydrogen-bond acceptors (Lipinski definition) is 5. The van der Waals surface area contributed by atoms with Crippen LogP contribution in [0.2, 0.25) is 0 Å². The van der Waals surface area contributed by atoms with Gasteiger partial charge in [0.25, 0.3) is 0 Å². The van der Waals surface area contributed by atoms with E-state index in [0.29, 0.717) is 6.61 Å². The Kier molecular flexibility index (Phi) is 7.12. The Morgan fingerprint density at radius 2 is 1.44 bits per heavy atom. The lowest BCUT2D eigenvalue weighted by Gasteiger charge is -2.26. The van der Waals surface area contributed by atoms with Gasteiger partial charge >= 0.3 is 0 Å². The molecular weight excluding hydrogens is 452 g/mol. The van der Waals surface area contributed by atoms with E-state index in [2.05, 4.69) is 68.4 Å². The van der Waals surface area contributed by atoms with Crippen molar-refractivity contribution in [2.24, 2.45) is 0 Å². The van der Waals surface area contributed by atoms with Gasteiger partial charge in [0.05, 0.1) is 13.2 Å². The van der Waals surface area contributed by atoms with E-state index in [1.54, 1.807) is 0 Å². The Morgan fingerprint density at radius 1 is 0.750 bits per heavy atom. The van der Waals surface area contributed by atoms with Crippen LogP contribution in [0, 0.1) is 0 Å². The molecule has 2 saturated heterocycles. The summed E-state index contributed by atoms with van der Waals surface area (Å²) >= 11 is 0. The van der Waals surface area contributed by atoms with Crippen molar-refractivity contribution in [2.75, 3.05) is 65.7 Å². The van der Waals surface area contributed by atoms with E-state index < -0.39 is 0 Å². The van der Waals surface area contributed by atoms with Crippen LogP contribution in [-0.2, 0) is 4.74 Å². The number of hydrogen-bond donors (Lipinski definition) is 2. The van der Waals surface area contributed by atoms with Crippen molar-refractivity contribution >= 4 is 21.8 Å². The smallest absolute Gasteiger partial charge is 0.121 e. The molecule has 2 aromatic heterocycles. The van der Waals surface area contributed by atoms with Crippen molar-refractivity contribution < 1.29 is 14.2 Å². The lowest BCUT2D eigenvalue weighted by atomic mass is 10.1. The molecule has 36 heavy (non-hydrogen) atoms. The number of morpholine rings is 1. The van der Waals surface area contributed by atoms with Gasteiger partial charge in [-0.15, -0.1) is 0 Å². The predicted molar refractivity (Wildman–Crippen MR) is 144 cm³/mol. The zero-order chi connectivity index (χ0) is 24.2. The molecule has 0 atom stereocenters. The summed E-state index contributed by atoms with van der Waals surface area (Å²) in [5.74, 6) is 1.82. The molecule has 0 spiro atoms. The third-order valence-corrected chi connectivity index (χ3v) is 7.44. The maximum absolute atomic E-state index is 6.08. The highest BCUT2D eigenvalue weighted by Crippen LogP contribution is 2.33. The van der Waals surface area contributed by atoms with Gasteiger partial charge < -0.3 is 24.2 Å². The molecule has 190 valence electrons. The first-order valence-corrected chi connectivity index (χ1v) is 13.3. The minimum absolute atomic E-state index is 0.684. The number of rotatable bonds is 9. The number of benzene rings is 2. The first kappa shape index (κ1) is 23.4. The van der Waals surface area contributed by atoms with E-state index in [4.69, 9.17) is 14.2 Å². The topological polar surface area (TPSA) is 65.7 Å². The minimum Gasteiger partial charge on any atom is -0.492 e. The van der Waals surface area contributed by atoms with Gasteiger partial charge in [-0.3, -0.25) is 9.80 Å². The summed E-state index contributed by atoms with van der Waals surface area (Å²) in [6.45, 7) is 9.36. The van der Waals surface area contributed by atoms with Gasteiger partial charge in [0, 0.05) is 77.6 Å². The molecule has 0 saturated carbocycles. The average molecular weight is 489 g/mol. The largest absolute Gasteiger partial charge is 0.492 e. The van der Waals surface area contributed by atoms with E-state index in [1.807, 2.05) is 0 Å². The first-order chi connectivity index (χ1) is 17.8. The van der Waals surface area contributed by atoms with Crippen molar-refractivity contribution in [1.29, 1.82) is 0 Å². The van der Waals surface area contributed by atoms with Gasteiger partial charge in [-0.1, -0.05) is 6.42 Å². The maximum atomic E-state index is 6.08. The first-order valence-electron chi connectivity index (χ1n) is 13.3. The molecule has 0 unspecified atom stereocenters. The number of aromatic nitrogens is 2. The number of nitrogens with one attached hydrogen (secondary N) is 2. The van der Waals surface area contributed by atoms with Crippen molar-refractivity contribution in [3.63, 3.8) is 0 Å². The second kappa shape index (κ2) is 10.9. The van der Waals surface area contributed by atoms with Gasteiger partial charge in [0.2, 0.25) is 0 Å². The standard InChI is InChI=1S/C29H36N4O3/c1-2-8-32(9-3-1)12-16-35-23-5-4-22-18-29(31-27(22)19-23)26-21-30-28-20-24(6-7-25(26)28)36-17-13-33-10-14-34-15-11-33/h4-7,18-21,30-31H,1-3,8-17H2. The summed E-state index contributed by atoms with van der Waals surface area (Å²) in [4.78, 5) is 11.9. The zero-order valence-corrected chi connectivity index (χ0v) is 20.9. The molecule has 2 fully saturated rings. The lowest BCUT2D eigenvalue weighted by Crippen LogP contribution is -2.38. The third kappa shape index (κ3) is 5.38.